The summed E-state index contributed by atoms with van der Waals surface area (Å²) in [7, 11) is 1.61. The van der Waals surface area contributed by atoms with Crippen molar-refractivity contribution in [2.75, 3.05) is 26.8 Å². The van der Waals surface area contributed by atoms with Crippen LogP contribution in [0.4, 0.5) is 0 Å². The van der Waals surface area contributed by atoms with Gasteiger partial charge in [0.1, 0.15) is 0 Å². The van der Waals surface area contributed by atoms with Crippen LogP contribution in [0.3, 0.4) is 0 Å². The lowest BCUT2D eigenvalue weighted by atomic mass is 10.0. The van der Waals surface area contributed by atoms with Crippen LogP contribution in [0.25, 0.3) is 0 Å². The van der Waals surface area contributed by atoms with E-state index in [1.165, 1.54) is 0 Å². The zero-order valence-electron chi connectivity index (χ0n) is 13.4. The zero-order valence-corrected chi connectivity index (χ0v) is 14.2. The second-order valence-electron chi connectivity index (χ2n) is 5.98. The number of carbonyl (C=O) groups excluding carboxylic acids is 2. The summed E-state index contributed by atoms with van der Waals surface area (Å²) < 4.78 is 5.00. The molecule has 0 radical (unpaired) electrons. The van der Waals surface area contributed by atoms with Crippen LogP contribution in [-0.4, -0.2) is 43.5 Å². The number of amides is 2. The fraction of sp³-hybridized carbons (Fsp3) is 0.625. The Balaban J connectivity index is 1.95. The minimum Gasteiger partial charge on any atom is -0.383 e. The summed E-state index contributed by atoms with van der Waals surface area (Å²) in [5.74, 6) is 0.0599. The lowest BCUT2D eigenvalue weighted by molar-refractivity contribution is -0.129. The Kier molecular flexibility index (Phi) is 5.97. The van der Waals surface area contributed by atoms with E-state index in [0.29, 0.717) is 32.0 Å². The summed E-state index contributed by atoms with van der Waals surface area (Å²) in [6.07, 6.45) is 0.296. The maximum absolute atomic E-state index is 12.5. The molecule has 0 bridgehead atoms. The van der Waals surface area contributed by atoms with Crippen molar-refractivity contribution >= 4 is 23.2 Å². The van der Waals surface area contributed by atoms with Gasteiger partial charge in [0.25, 0.3) is 0 Å². The summed E-state index contributed by atoms with van der Waals surface area (Å²) in [4.78, 5) is 27.3. The first kappa shape index (κ1) is 17.0. The van der Waals surface area contributed by atoms with Crippen molar-refractivity contribution in [3.63, 3.8) is 0 Å². The molecular formula is C16H24N2O3S. The number of rotatable bonds is 7. The molecule has 22 heavy (non-hydrogen) atoms. The molecule has 0 unspecified atom stereocenters. The molecule has 2 amide bonds. The third-order valence-corrected chi connectivity index (χ3v) is 4.92. The standard InChI is InChI=1S/C16H24N2O3S/c1-11(2)15(13-5-4-8-22-13)17-16(20)12-9-14(19)18(10-12)6-7-21-3/h4-5,8,11-12,15H,6-7,9-10H2,1-3H3,(H,17,20)/t12-,15-/m1/s1. The van der Waals surface area contributed by atoms with Gasteiger partial charge in [0.2, 0.25) is 11.8 Å². The average molecular weight is 324 g/mol. The highest BCUT2D eigenvalue weighted by molar-refractivity contribution is 7.10. The molecule has 2 atom stereocenters. The second kappa shape index (κ2) is 7.74. The SMILES string of the molecule is COCCN1C[C@H](C(=O)N[C@@H](c2cccs2)C(C)C)CC1=O. The monoisotopic (exact) mass is 324 g/mol. The lowest BCUT2D eigenvalue weighted by Gasteiger charge is -2.23. The number of ether oxygens (including phenoxy) is 1. The molecule has 1 aromatic rings. The lowest BCUT2D eigenvalue weighted by Crippen LogP contribution is -2.37. The Labute approximate surface area is 135 Å². The highest BCUT2D eigenvalue weighted by Gasteiger charge is 2.35. The quantitative estimate of drug-likeness (QED) is 0.835. The van der Waals surface area contributed by atoms with E-state index < -0.39 is 0 Å². The van der Waals surface area contributed by atoms with Gasteiger partial charge >= 0.3 is 0 Å². The van der Waals surface area contributed by atoms with Gasteiger partial charge < -0.3 is 15.0 Å². The number of hydrogen-bond donors (Lipinski definition) is 1. The minimum atomic E-state index is -0.259. The van der Waals surface area contributed by atoms with Crippen LogP contribution in [0.5, 0.6) is 0 Å². The van der Waals surface area contributed by atoms with Crippen molar-refractivity contribution in [1.29, 1.82) is 0 Å². The van der Waals surface area contributed by atoms with Crippen LogP contribution in [0.15, 0.2) is 17.5 Å². The van der Waals surface area contributed by atoms with Gasteiger partial charge in [-0.05, 0) is 17.4 Å². The first-order valence-corrected chi connectivity index (χ1v) is 8.51. The van der Waals surface area contributed by atoms with E-state index >= 15 is 0 Å². The Morgan fingerprint density at radius 3 is 2.91 bits per heavy atom. The van der Waals surface area contributed by atoms with Gasteiger partial charge in [-0.2, -0.15) is 0 Å². The molecule has 0 spiro atoms. The largest absolute Gasteiger partial charge is 0.383 e. The average Bonchev–Trinajstić information content (AvgIpc) is 3.11. The van der Waals surface area contributed by atoms with E-state index in [2.05, 4.69) is 19.2 Å². The van der Waals surface area contributed by atoms with Gasteiger partial charge in [-0.15, -0.1) is 11.3 Å². The Bertz CT molecular complexity index is 501. The third kappa shape index (κ3) is 4.08. The van der Waals surface area contributed by atoms with E-state index in [0.717, 1.165) is 4.88 Å². The second-order valence-corrected chi connectivity index (χ2v) is 6.96. The van der Waals surface area contributed by atoms with E-state index in [9.17, 15) is 9.59 Å². The Morgan fingerprint density at radius 2 is 2.32 bits per heavy atom. The molecule has 122 valence electrons. The van der Waals surface area contributed by atoms with Gasteiger partial charge in [0, 0.05) is 31.5 Å². The molecular weight excluding hydrogens is 300 g/mol. The number of likely N-dealkylation sites (tertiary alicyclic amines) is 1. The molecule has 2 heterocycles. The van der Waals surface area contributed by atoms with Crippen molar-refractivity contribution in [3.8, 4) is 0 Å². The zero-order chi connectivity index (χ0) is 16.1. The van der Waals surface area contributed by atoms with Gasteiger partial charge in [-0.3, -0.25) is 9.59 Å². The van der Waals surface area contributed by atoms with Gasteiger partial charge in [-0.1, -0.05) is 19.9 Å². The molecule has 6 heteroatoms. The Hall–Kier alpha value is -1.40. The molecule has 0 aromatic carbocycles. The fourth-order valence-corrected chi connectivity index (χ4v) is 3.62. The minimum absolute atomic E-state index is 0.00984. The van der Waals surface area contributed by atoms with Crippen molar-refractivity contribution in [2.45, 2.75) is 26.3 Å². The summed E-state index contributed by atoms with van der Waals surface area (Å²) in [6, 6.07) is 4.04. The van der Waals surface area contributed by atoms with Gasteiger partial charge in [-0.25, -0.2) is 0 Å². The summed E-state index contributed by atoms with van der Waals surface area (Å²) in [6.45, 7) is 5.73. The fourth-order valence-electron chi connectivity index (χ4n) is 2.67. The molecule has 1 N–H and O–H groups in total. The molecule has 5 nitrogen and oxygen atoms in total. The van der Waals surface area contributed by atoms with Crippen LogP contribution in [0.1, 0.15) is 31.2 Å². The molecule has 1 aliphatic heterocycles. The molecule has 1 aliphatic rings. The van der Waals surface area contributed by atoms with Crippen molar-refractivity contribution in [1.82, 2.24) is 10.2 Å². The van der Waals surface area contributed by atoms with Crippen molar-refractivity contribution in [3.05, 3.63) is 22.4 Å². The van der Waals surface area contributed by atoms with Crippen LogP contribution in [-0.2, 0) is 14.3 Å². The smallest absolute Gasteiger partial charge is 0.225 e. The predicted octanol–water partition coefficient (Wildman–Crippen LogP) is 2.06. The summed E-state index contributed by atoms with van der Waals surface area (Å²) in [5.41, 5.74) is 0. The number of nitrogens with one attached hydrogen (secondary N) is 1. The predicted molar refractivity (Wildman–Crippen MR) is 86.6 cm³/mol. The third-order valence-electron chi connectivity index (χ3n) is 3.96. The summed E-state index contributed by atoms with van der Waals surface area (Å²) in [5, 5.41) is 5.14. The molecule has 1 aromatic heterocycles. The van der Waals surface area contributed by atoms with E-state index in [4.69, 9.17) is 4.74 Å². The first-order chi connectivity index (χ1) is 10.5. The first-order valence-electron chi connectivity index (χ1n) is 7.63. The van der Waals surface area contributed by atoms with Crippen molar-refractivity contribution < 1.29 is 14.3 Å². The number of nitrogens with zero attached hydrogens (tertiary/aromatic N) is 1. The van der Waals surface area contributed by atoms with E-state index in [1.54, 1.807) is 23.3 Å². The molecule has 1 saturated heterocycles. The topological polar surface area (TPSA) is 58.6 Å². The van der Waals surface area contributed by atoms with Gasteiger partial charge in [0.15, 0.2) is 0 Å². The number of hydrogen-bond acceptors (Lipinski definition) is 4. The number of thiophene rings is 1. The van der Waals surface area contributed by atoms with Crippen LogP contribution in [0, 0.1) is 11.8 Å². The molecule has 2 rings (SSSR count). The van der Waals surface area contributed by atoms with Crippen LogP contribution < -0.4 is 5.32 Å². The number of methoxy groups -OCH3 is 1. The summed E-state index contributed by atoms with van der Waals surface area (Å²) >= 11 is 1.65. The van der Waals surface area contributed by atoms with Crippen LogP contribution >= 0.6 is 11.3 Å². The Morgan fingerprint density at radius 1 is 1.55 bits per heavy atom. The molecule has 0 saturated carbocycles. The highest BCUT2D eigenvalue weighted by atomic mass is 32.1. The van der Waals surface area contributed by atoms with Gasteiger partial charge in [0.05, 0.1) is 18.6 Å². The van der Waals surface area contributed by atoms with Crippen molar-refractivity contribution in [2.24, 2.45) is 11.8 Å². The van der Waals surface area contributed by atoms with E-state index in [1.807, 2.05) is 17.5 Å². The maximum atomic E-state index is 12.5. The van der Waals surface area contributed by atoms with Crippen LogP contribution in [0.2, 0.25) is 0 Å². The highest BCUT2D eigenvalue weighted by Crippen LogP contribution is 2.27. The number of carbonyl (C=O) groups is 2. The van der Waals surface area contributed by atoms with E-state index in [-0.39, 0.29) is 23.8 Å². The maximum Gasteiger partial charge on any atom is 0.225 e. The normalized spacial score (nSPS) is 19.7. The molecule has 0 aliphatic carbocycles. The molecule has 1 fully saturated rings.